The topological polar surface area (TPSA) is 29.1 Å². The molecule has 0 saturated carbocycles. The van der Waals surface area contributed by atoms with E-state index < -0.39 is 0 Å². The zero-order valence-corrected chi connectivity index (χ0v) is 11.8. The van der Waals surface area contributed by atoms with Crippen LogP contribution in [-0.2, 0) is 11.2 Å². The number of halogens is 1. The van der Waals surface area contributed by atoms with Gasteiger partial charge in [0.25, 0.3) is 0 Å². The van der Waals surface area contributed by atoms with Gasteiger partial charge in [0.05, 0.1) is 0 Å². The second-order valence-corrected chi connectivity index (χ2v) is 5.55. The summed E-state index contributed by atoms with van der Waals surface area (Å²) in [5.41, 5.74) is 1.65. The fraction of sp³-hybridized carbons (Fsp3) is 0.562. The summed E-state index contributed by atoms with van der Waals surface area (Å²) in [6.45, 7) is 5.80. The normalized spacial score (nSPS) is 18.3. The highest BCUT2D eigenvalue weighted by Crippen LogP contribution is 2.34. The van der Waals surface area contributed by atoms with Crippen molar-refractivity contribution in [3.8, 4) is 0 Å². The molecule has 0 amide bonds. The molecule has 0 aliphatic carbocycles. The number of benzene rings is 1. The molecule has 1 aliphatic heterocycles. The van der Waals surface area contributed by atoms with Gasteiger partial charge in [-0.2, -0.15) is 0 Å². The van der Waals surface area contributed by atoms with Gasteiger partial charge in [0, 0.05) is 11.8 Å². The van der Waals surface area contributed by atoms with Crippen LogP contribution < -0.4 is 5.32 Å². The number of carbonyl (C=O) groups excluding carboxylic acids is 1. The molecular formula is C16H22FNO. The van der Waals surface area contributed by atoms with Crippen LogP contribution >= 0.6 is 0 Å². The van der Waals surface area contributed by atoms with Gasteiger partial charge in [0.15, 0.2) is 0 Å². The molecule has 1 aliphatic rings. The monoisotopic (exact) mass is 263 g/mol. The maximum absolute atomic E-state index is 13.1. The van der Waals surface area contributed by atoms with Crippen molar-refractivity contribution in [3.63, 3.8) is 0 Å². The molecule has 2 nitrogen and oxygen atoms in total. The van der Waals surface area contributed by atoms with E-state index in [1.54, 1.807) is 6.07 Å². The Balaban J connectivity index is 2.15. The number of hydrogen-bond donors (Lipinski definition) is 1. The number of ketones is 1. The van der Waals surface area contributed by atoms with Crippen molar-refractivity contribution in [2.75, 3.05) is 13.1 Å². The van der Waals surface area contributed by atoms with Crippen LogP contribution in [-0.4, -0.2) is 18.9 Å². The van der Waals surface area contributed by atoms with Crippen molar-refractivity contribution in [1.29, 1.82) is 0 Å². The van der Waals surface area contributed by atoms with Gasteiger partial charge in [-0.15, -0.1) is 0 Å². The van der Waals surface area contributed by atoms with Gasteiger partial charge in [-0.3, -0.25) is 4.79 Å². The lowest BCUT2D eigenvalue weighted by atomic mass is 9.71. The van der Waals surface area contributed by atoms with Gasteiger partial charge < -0.3 is 5.32 Å². The summed E-state index contributed by atoms with van der Waals surface area (Å²) in [6, 6.07) is 4.69. The average molecular weight is 263 g/mol. The summed E-state index contributed by atoms with van der Waals surface area (Å²) in [5.74, 6) is 0.0759. The van der Waals surface area contributed by atoms with Crippen LogP contribution in [0.25, 0.3) is 0 Å². The molecule has 1 N–H and O–H groups in total. The predicted molar refractivity (Wildman–Crippen MR) is 74.7 cm³/mol. The number of aryl methyl sites for hydroxylation is 1. The van der Waals surface area contributed by atoms with E-state index in [1.807, 2.05) is 6.92 Å². The lowest BCUT2D eigenvalue weighted by Crippen LogP contribution is -2.42. The largest absolute Gasteiger partial charge is 0.317 e. The summed E-state index contributed by atoms with van der Waals surface area (Å²) in [7, 11) is 0. The van der Waals surface area contributed by atoms with Crippen LogP contribution in [0.5, 0.6) is 0 Å². The highest BCUT2D eigenvalue weighted by Gasteiger charge is 2.37. The summed E-state index contributed by atoms with van der Waals surface area (Å²) < 4.78 is 13.1. The molecular weight excluding hydrogens is 241 g/mol. The molecule has 0 radical (unpaired) electrons. The molecule has 0 aromatic heterocycles. The molecule has 1 fully saturated rings. The van der Waals surface area contributed by atoms with E-state index >= 15 is 0 Å². The summed E-state index contributed by atoms with van der Waals surface area (Å²) in [4.78, 5) is 12.6. The fourth-order valence-electron chi connectivity index (χ4n) is 2.95. The van der Waals surface area contributed by atoms with E-state index in [1.165, 1.54) is 12.1 Å². The van der Waals surface area contributed by atoms with Gasteiger partial charge in [0.2, 0.25) is 0 Å². The standard InChI is InChI=1S/C16H22FNO/c1-3-16(6-8-18-9-7-16)15(19)11-13-4-5-14(17)10-12(13)2/h4-5,10,18H,3,6-9,11H2,1-2H3. The lowest BCUT2D eigenvalue weighted by molar-refractivity contribution is -0.129. The van der Waals surface area contributed by atoms with Crippen molar-refractivity contribution in [1.82, 2.24) is 5.32 Å². The first kappa shape index (κ1) is 14.2. The summed E-state index contributed by atoms with van der Waals surface area (Å²) in [6.07, 6.45) is 3.17. The first-order valence-electron chi connectivity index (χ1n) is 7.06. The molecule has 0 atom stereocenters. The molecule has 1 aromatic carbocycles. The van der Waals surface area contributed by atoms with Gasteiger partial charge in [-0.25, -0.2) is 4.39 Å². The van der Waals surface area contributed by atoms with Crippen molar-refractivity contribution in [3.05, 3.63) is 35.1 Å². The molecule has 104 valence electrons. The SMILES string of the molecule is CCC1(C(=O)Cc2ccc(F)cc2C)CCNCC1. The van der Waals surface area contributed by atoms with Crippen LogP contribution in [0, 0.1) is 18.2 Å². The van der Waals surface area contributed by atoms with Gasteiger partial charge >= 0.3 is 0 Å². The Hall–Kier alpha value is -1.22. The molecule has 1 saturated heterocycles. The molecule has 19 heavy (non-hydrogen) atoms. The molecule has 1 heterocycles. The van der Waals surface area contributed by atoms with Crippen molar-refractivity contribution < 1.29 is 9.18 Å². The van der Waals surface area contributed by atoms with Gasteiger partial charge in [-0.1, -0.05) is 13.0 Å². The highest BCUT2D eigenvalue weighted by molar-refractivity contribution is 5.87. The zero-order valence-electron chi connectivity index (χ0n) is 11.8. The lowest BCUT2D eigenvalue weighted by Gasteiger charge is -2.35. The van der Waals surface area contributed by atoms with Crippen molar-refractivity contribution in [2.45, 2.75) is 39.5 Å². The molecule has 0 bridgehead atoms. The Labute approximate surface area is 114 Å². The van der Waals surface area contributed by atoms with E-state index in [4.69, 9.17) is 0 Å². The molecule has 2 rings (SSSR count). The number of nitrogens with one attached hydrogen (secondary N) is 1. The smallest absolute Gasteiger partial charge is 0.143 e. The molecule has 0 spiro atoms. The van der Waals surface area contributed by atoms with E-state index in [-0.39, 0.29) is 11.2 Å². The number of Topliss-reactive ketones (excluding diaryl/α,β-unsaturated/α-hetero) is 1. The number of carbonyl (C=O) groups is 1. The minimum atomic E-state index is -0.235. The molecule has 0 unspecified atom stereocenters. The van der Waals surface area contributed by atoms with Crippen LogP contribution in [0.2, 0.25) is 0 Å². The summed E-state index contributed by atoms with van der Waals surface area (Å²) >= 11 is 0. The maximum Gasteiger partial charge on any atom is 0.143 e. The van der Waals surface area contributed by atoms with E-state index in [0.29, 0.717) is 12.2 Å². The summed E-state index contributed by atoms with van der Waals surface area (Å²) in [5, 5.41) is 3.31. The quantitative estimate of drug-likeness (QED) is 0.904. The Bertz CT molecular complexity index is 464. The Kier molecular flexibility index (Phi) is 4.35. The third-order valence-corrected chi connectivity index (χ3v) is 4.48. The minimum Gasteiger partial charge on any atom is -0.317 e. The van der Waals surface area contributed by atoms with Crippen molar-refractivity contribution >= 4 is 5.78 Å². The van der Waals surface area contributed by atoms with Crippen LogP contribution in [0.4, 0.5) is 4.39 Å². The van der Waals surface area contributed by atoms with E-state index in [0.717, 1.165) is 43.5 Å². The number of piperidine rings is 1. The highest BCUT2D eigenvalue weighted by atomic mass is 19.1. The van der Waals surface area contributed by atoms with Crippen LogP contribution in [0.3, 0.4) is 0 Å². The van der Waals surface area contributed by atoms with E-state index in [9.17, 15) is 9.18 Å². The maximum atomic E-state index is 13.1. The second-order valence-electron chi connectivity index (χ2n) is 5.55. The Morgan fingerprint density at radius 3 is 2.63 bits per heavy atom. The predicted octanol–water partition coefficient (Wildman–Crippen LogP) is 3.03. The molecule has 3 heteroatoms. The van der Waals surface area contributed by atoms with Crippen LogP contribution in [0.1, 0.15) is 37.3 Å². The first-order valence-corrected chi connectivity index (χ1v) is 7.06. The van der Waals surface area contributed by atoms with Gasteiger partial charge in [0.1, 0.15) is 11.6 Å². The average Bonchev–Trinajstić information content (AvgIpc) is 2.42. The second kappa shape index (κ2) is 5.83. The van der Waals surface area contributed by atoms with Crippen LogP contribution in [0.15, 0.2) is 18.2 Å². The first-order chi connectivity index (χ1) is 9.07. The Morgan fingerprint density at radius 1 is 1.37 bits per heavy atom. The van der Waals surface area contributed by atoms with Gasteiger partial charge in [-0.05, 0) is 62.5 Å². The minimum absolute atomic E-state index is 0.175. The third kappa shape index (κ3) is 3.03. The zero-order chi connectivity index (χ0) is 13.9. The number of hydrogen-bond acceptors (Lipinski definition) is 2. The molecule has 1 aromatic rings. The van der Waals surface area contributed by atoms with Crippen molar-refractivity contribution in [2.24, 2.45) is 5.41 Å². The Morgan fingerprint density at radius 2 is 2.05 bits per heavy atom. The fourth-order valence-corrected chi connectivity index (χ4v) is 2.95. The third-order valence-electron chi connectivity index (χ3n) is 4.48. The van der Waals surface area contributed by atoms with E-state index in [2.05, 4.69) is 12.2 Å². The number of rotatable bonds is 4.